The van der Waals surface area contributed by atoms with E-state index >= 15 is 0 Å². The zero-order chi connectivity index (χ0) is 52.7. The zero-order valence-electron chi connectivity index (χ0n) is 48.1. The molecule has 0 unspecified atom stereocenters. The van der Waals surface area contributed by atoms with Crippen LogP contribution < -0.4 is 16.0 Å². The average molecular weight is 1020 g/mol. The fourth-order valence-corrected chi connectivity index (χ4v) is 14.0. The van der Waals surface area contributed by atoms with Gasteiger partial charge in [-0.1, -0.05) is 0 Å². The quantitative estimate of drug-likeness (QED) is 0.157. The number of fused-ring (bicyclic) bond motifs is 9. The minimum atomic E-state index is 0.577. The van der Waals surface area contributed by atoms with E-state index in [9.17, 15) is 0 Å². The van der Waals surface area contributed by atoms with Crippen molar-refractivity contribution in [1.82, 2.24) is 74.0 Å². The normalized spacial score (nSPS) is 25.4. The summed E-state index contributed by atoms with van der Waals surface area (Å²) in [7, 11) is 6.67. The summed E-state index contributed by atoms with van der Waals surface area (Å²) >= 11 is 0. The van der Waals surface area contributed by atoms with Gasteiger partial charge in [0, 0.05) is 225 Å². The van der Waals surface area contributed by atoms with Crippen molar-refractivity contribution in [2.24, 2.45) is 0 Å². The van der Waals surface area contributed by atoms with Gasteiger partial charge in [0.1, 0.15) is 11.3 Å². The number of hydrogen-bond donors (Lipinski definition) is 3. The van der Waals surface area contributed by atoms with Crippen molar-refractivity contribution in [3.63, 3.8) is 0 Å². The van der Waals surface area contributed by atoms with Gasteiger partial charge in [-0.25, -0.2) is 9.97 Å². The van der Waals surface area contributed by atoms with Crippen LogP contribution in [0.25, 0.3) is 33.0 Å². The summed E-state index contributed by atoms with van der Waals surface area (Å²) in [4.78, 5) is 29.3. The zero-order valence-corrected chi connectivity index (χ0v) is 48.1. The van der Waals surface area contributed by atoms with E-state index in [1.54, 1.807) is 0 Å². The van der Waals surface area contributed by atoms with Gasteiger partial charge in [0.05, 0.1) is 11.7 Å². The highest BCUT2D eigenvalue weighted by Gasteiger charge is 2.29. The molecule has 0 aromatic carbocycles. The third-order valence-electron chi connectivity index (χ3n) is 17.1. The van der Waals surface area contributed by atoms with Gasteiger partial charge in [0.2, 0.25) is 0 Å². The lowest BCUT2D eigenvalue weighted by Gasteiger charge is -2.36. The van der Waals surface area contributed by atoms with E-state index in [0.717, 1.165) is 143 Å². The Hall–Kier alpha value is -4.29. The predicted molar refractivity (Wildman–Crippen MR) is 309 cm³/mol. The van der Waals surface area contributed by atoms with E-state index in [0.29, 0.717) is 36.3 Å². The summed E-state index contributed by atoms with van der Waals surface area (Å²) in [5.74, 6) is 0. The van der Waals surface area contributed by atoms with E-state index < -0.39 is 0 Å². The molecule has 15 heteroatoms. The van der Waals surface area contributed by atoms with E-state index in [-0.39, 0.29) is 0 Å². The molecule has 0 radical (unpaired) electrons. The first-order valence-electron chi connectivity index (χ1n) is 28.9. The van der Waals surface area contributed by atoms with Gasteiger partial charge in [-0.05, 0) is 129 Å². The smallest absolute Gasteiger partial charge is 0.140 e. The lowest BCUT2D eigenvalue weighted by Crippen LogP contribution is -2.54. The second-order valence-electron chi connectivity index (χ2n) is 24.5. The maximum absolute atomic E-state index is 4.82. The molecular weight excluding hydrogens is 931 g/mol. The van der Waals surface area contributed by atoms with Crippen LogP contribution in [0.3, 0.4) is 0 Å². The molecule has 6 aromatic rings. The fourth-order valence-electron chi connectivity index (χ4n) is 14.0. The monoisotopic (exact) mass is 1020 g/mol. The second kappa shape index (κ2) is 23.4. The molecule has 408 valence electrons. The van der Waals surface area contributed by atoms with Crippen molar-refractivity contribution in [3.05, 3.63) is 87.4 Å². The minimum absolute atomic E-state index is 0.577. The standard InChI is InChI=1S/3C20H31N5/c1-14-9-17-18-13-23(4)6-5-19(18)25(20(17)10-21-14)8-7-24-11-15(2)22-16(3)12-24;2*1-14-9-17-18-13-23(4)6-5-19(18)25(20(17)21-10-14)8-7-24-11-15(2)22-16(3)12-24/h3*9-10,15-16,22H,5-8,11-13H2,1-4H3/t15-,16+;2*15-,16-/m.10/s1. The molecule has 0 spiro atoms. The molecule has 0 saturated carbocycles. The van der Waals surface area contributed by atoms with Crippen molar-refractivity contribution in [3.8, 4) is 0 Å². The summed E-state index contributed by atoms with van der Waals surface area (Å²) in [6.45, 7) is 40.1. The van der Waals surface area contributed by atoms with Gasteiger partial charge >= 0.3 is 0 Å². The molecule has 6 aromatic heterocycles. The predicted octanol–water partition coefficient (Wildman–Crippen LogP) is 6.04. The van der Waals surface area contributed by atoms with Crippen molar-refractivity contribution < 1.29 is 0 Å². The Balaban J connectivity index is 0.000000128. The molecule has 6 aliphatic heterocycles. The Morgan fingerprint density at radius 3 is 1.16 bits per heavy atom. The molecule has 6 atom stereocenters. The highest BCUT2D eigenvalue weighted by Crippen LogP contribution is 2.33. The molecule has 3 N–H and O–H groups in total. The van der Waals surface area contributed by atoms with E-state index in [1.807, 2.05) is 12.4 Å². The van der Waals surface area contributed by atoms with Crippen molar-refractivity contribution in [1.29, 1.82) is 0 Å². The topological polar surface area (TPSA) is 109 Å². The van der Waals surface area contributed by atoms with E-state index in [1.165, 1.54) is 77.9 Å². The number of piperazine rings is 3. The molecule has 12 rings (SSSR count). The highest BCUT2D eigenvalue weighted by molar-refractivity contribution is 5.86. The third kappa shape index (κ3) is 12.4. The van der Waals surface area contributed by atoms with Crippen molar-refractivity contribution in [2.75, 3.05) is 99.7 Å². The summed E-state index contributed by atoms with van der Waals surface area (Å²) in [6.07, 6.45) is 9.54. The van der Waals surface area contributed by atoms with Crippen LogP contribution in [0.15, 0.2) is 36.8 Å². The maximum atomic E-state index is 4.82. The number of aromatic nitrogens is 6. The molecule has 15 nitrogen and oxygen atoms in total. The first-order chi connectivity index (χ1) is 36.0. The Kier molecular flexibility index (Phi) is 16.8. The molecular formula is C60H93N15. The highest BCUT2D eigenvalue weighted by atomic mass is 15.3. The number of pyridine rings is 3. The van der Waals surface area contributed by atoms with Gasteiger partial charge < -0.3 is 44.4 Å². The largest absolute Gasteiger partial charge is 0.342 e. The number of nitrogens with zero attached hydrogens (tertiary/aromatic N) is 12. The number of nitrogens with one attached hydrogen (secondary N) is 3. The van der Waals surface area contributed by atoms with Crippen LogP contribution in [0, 0.1) is 20.8 Å². The molecule has 0 amide bonds. The van der Waals surface area contributed by atoms with Crippen LogP contribution in [0.1, 0.15) is 92.1 Å². The first-order valence-corrected chi connectivity index (χ1v) is 28.9. The van der Waals surface area contributed by atoms with Crippen LogP contribution in [0.2, 0.25) is 0 Å². The molecule has 75 heavy (non-hydrogen) atoms. The van der Waals surface area contributed by atoms with Gasteiger partial charge in [0.15, 0.2) is 0 Å². The number of aryl methyl sites for hydroxylation is 3. The number of hydrogen-bond acceptors (Lipinski definition) is 12. The Morgan fingerprint density at radius 2 is 0.773 bits per heavy atom. The van der Waals surface area contributed by atoms with Gasteiger partial charge in [-0.2, -0.15) is 0 Å². The Labute approximate surface area is 449 Å². The summed E-state index contributed by atoms with van der Waals surface area (Å²) < 4.78 is 7.57. The molecule has 6 aliphatic rings. The molecule has 0 bridgehead atoms. The lowest BCUT2D eigenvalue weighted by atomic mass is 10.1. The van der Waals surface area contributed by atoms with Crippen molar-refractivity contribution in [2.45, 2.75) is 157 Å². The molecule has 0 aliphatic carbocycles. The fraction of sp³-hybridized carbons (Fsp3) is 0.650. The first kappa shape index (κ1) is 54.1. The van der Waals surface area contributed by atoms with Gasteiger partial charge in [-0.15, -0.1) is 0 Å². The van der Waals surface area contributed by atoms with Crippen molar-refractivity contribution >= 4 is 33.0 Å². The lowest BCUT2D eigenvalue weighted by molar-refractivity contribution is 0.168. The van der Waals surface area contributed by atoms with Gasteiger partial charge in [0.25, 0.3) is 0 Å². The van der Waals surface area contributed by atoms with Crippen LogP contribution in [0.5, 0.6) is 0 Å². The Bertz CT molecular complexity index is 2570. The maximum Gasteiger partial charge on any atom is 0.140 e. The summed E-state index contributed by atoms with van der Waals surface area (Å²) in [5.41, 5.74) is 16.4. The molecule has 12 heterocycles. The number of likely N-dealkylation sites (N-methyl/N-ethyl adjacent to an activating group) is 3. The SMILES string of the molecule is Cc1cc2c3c(n(CCN4C[C@@H](C)N[C@@H](C)C4)c2cn1)CCN(C)C3.Cc1cnc2c(c1)c1c(n2CCN2C[C@@H](C)N[C@H](C)C2)CCN(C)C1.Cc1cnc2c(c1)c1c(n2CCN2C[C@H](C)N[C@@H](C)C2)CCN(C)C1. The molecule has 3 fully saturated rings. The van der Waals surface area contributed by atoms with E-state index in [4.69, 9.17) is 9.97 Å². The van der Waals surface area contributed by atoms with Crippen LogP contribution >= 0.6 is 0 Å². The van der Waals surface area contributed by atoms with Crippen LogP contribution in [-0.2, 0) is 58.5 Å². The summed E-state index contributed by atoms with van der Waals surface area (Å²) in [6, 6.07) is 10.4. The molecule has 3 saturated heterocycles. The van der Waals surface area contributed by atoms with Crippen LogP contribution in [0.4, 0.5) is 0 Å². The number of rotatable bonds is 9. The van der Waals surface area contributed by atoms with Crippen LogP contribution in [-0.4, -0.2) is 194 Å². The average Bonchev–Trinajstić information content (AvgIpc) is 3.99. The third-order valence-corrected chi connectivity index (χ3v) is 17.1. The Morgan fingerprint density at radius 1 is 0.427 bits per heavy atom. The minimum Gasteiger partial charge on any atom is -0.342 e. The van der Waals surface area contributed by atoms with Gasteiger partial charge in [-0.3, -0.25) is 19.7 Å². The second-order valence-corrected chi connectivity index (χ2v) is 24.5. The summed E-state index contributed by atoms with van der Waals surface area (Å²) in [5, 5.41) is 15.0. The van der Waals surface area contributed by atoms with E-state index in [2.05, 4.69) is 172 Å².